The van der Waals surface area contributed by atoms with E-state index in [2.05, 4.69) is 9.71 Å². The molecule has 1 saturated heterocycles. The molecule has 1 unspecified atom stereocenters. The highest BCUT2D eigenvalue weighted by molar-refractivity contribution is 7.89. The van der Waals surface area contributed by atoms with Crippen LogP contribution in [0.4, 0.5) is 5.82 Å². The number of nitrogens with two attached hydrogens (primary N) is 1. The largest absolute Gasteiger partial charge is 0.384 e. The van der Waals surface area contributed by atoms with Gasteiger partial charge in [0.2, 0.25) is 15.9 Å². The first kappa shape index (κ1) is 15.7. The molecular weight excluding hydrogens is 292 g/mol. The van der Waals surface area contributed by atoms with E-state index in [1.807, 2.05) is 0 Å². The second kappa shape index (κ2) is 6.40. The maximum absolute atomic E-state index is 12.2. The van der Waals surface area contributed by atoms with Gasteiger partial charge in [-0.3, -0.25) is 4.79 Å². The van der Waals surface area contributed by atoms with Gasteiger partial charge >= 0.3 is 0 Å². The molecule has 0 aliphatic carbocycles. The molecular formula is C13H20N4O3S. The minimum Gasteiger partial charge on any atom is -0.384 e. The second-order valence-electron chi connectivity index (χ2n) is 5.15. The van der Waals surface area contributed by atoms with Crippen LogP contribution in [0.2, 0.25) is 0 Å². The smallest absolute Gasteiger partial charge is 0.242 e. The molecule has 8 heteroatoms. The molecule has 2 rings (SSSR count). The zero-order chi connectivity index (χ0) is 15.5. The first-order chi connectivity index (χ1) is 9.90. The summed E-state index contributed by atoms with van der Waals surface area (Å²) in [5.41, 5.74) is 5.43. The van der Waals surface area contributed by atoms with Gasteiger partial charge in [0.15, 0.2) is 0 Å². The Bertz CT molecular complexity index is 594. The number of amides is 1. The monoisotopic (exact) mass is 312 g/mol. The minimum absolute atomic E-state index is 0.00464. The average Bonchev–Trinajstić information content (AvgIpc) is 2.47. The summed E-state index contributed by atoms with van der Waals surface area (Å²) in [5.74, 6) is 0.0491. The Morgan fingerprint density at radius 3 is 2.57 bits per heavy atom. The first-order valence-electron chi connectivity index (χ1n) is 6.93. The highest BCUT2D eigenvalue weighted by Crippen LogP contribution is 2.12. The summed E-state index contributed by atoms with van der Waals surface area (Å²) in [6, 6.07) is 1.97. The van der Waals surface area contributed by atoms with E-state index >= 15 is 0 Å². The van der Waals surface area contributed by atoms with E-state index in [1.54, 1.807) is 11.8 Å². The van der Waals surface area contributed by atoms with Gasteiger partial charge in [0.05, 0.1) is 6.04 Å². The summed E-state index contributed by atoms with van der Waals surface area (Å²) in [6.07, 6.45) is 4.22. The van der Waals surface area contributed by atoms with Crippen molar-refractivity contribution in [2.24, 2.45) is 0 Å². The third-order valence-electron chi connectivity index (χ3n) is 3.44. The van der Waals surface area contributed by atoms with Gasteiger partial charge in [0.25, 0.3) is 0 Å². The van der Waals surface area contributed by atoms with Crippen LogP contribution >= 0.6 is 0 Å². The van der Waals surface area contributed by atoms with Gasteiger partial charge in [-0.2, -0.15) is 4.72 Å². The molecule has 1 aromatic rings. The van der Waals surface area contributed by atoms with Crippen molar-refractivity contribution in [3.63, 3.8) is 0 Å². The molecule has 1 fully saturated rings. The summed E-state index contributed by atoms with van der Waals surface area (Å²) >= 11 is 0. The van der Waals surface area contributed by atoms with Crippen LogP contribution < -0.4 is 10.5 Å². The molecule has 1 aliphatic rings. The van der Waals surface area contributed by atoms with Crippen molar-refractivity contribution < 1.29 is 13.2 Å². The van der Waals surface area contributed by atoms with Gasteiger partial charge in [-0.15, -0.1) is 0 Å². The number of nitrogens with zero attached hydrogens (tertiary/aromatic N) is 2. The van der Waals surface area contributed by atoms with Crippen molar-refractivity contribution >= 4 is 21.7 Å². The Morgan fingerprint density at radius 2 is 2.00 bits per heavy atom. The molecule has 1 atom stereocenters. The molecule has 1 amide bonds. The number of nitrogens with one attached hydrogen (secondary N) is 1. The van der Waals surface area contributed by atoms with Crippen LogP contribution in [0.3, 0.4) is 0 Å². The number of sulfonamides is 1. The van der Waals surface area contributed by atoms with Crippen LogP contribution in [-0.4, -0.2) is 43.3 Å². The van der Waals surface area contributed by atoms with E-state index in [1.165, 1.54) is 18.3 Å². The predicted molar refractivity (Wildman–Crippen MR) is 78.9 cm³/mol. The average molecular weight is 312 g/mol. The number of likely N-dealkylation sites (tertiary alicyclic amines) is 1. The summed E-state index contributed by atoms with van der Waals surface area (Å²) in [5, 5.41) is 0. The van der Waals surface area contributed by atoms with Crippen molar-refractivity contribution in [2.75, 3.05) is 18.8 Å². The number of anilines is 1. The number of nitrogen functional groups attached to an aromatic ring is 1. The van der Waals surface area contributed by atoms with E-state index in [-0.39, 0.29) is 16.6 Å². The van der Waals surface area contributed by atoms with E-state index in [0.29, 0.717) is 13.1 Å². The zero-order valence-corrected chi connectivity index (χ0v) is 12.8. The Morgan fingerprint density at radius 1 is 1.33 bits per heavy atom. The van der Waals surface area contributed by atoms with Gasteiger partial charge in [-0.05, 0) is 38.3 Å². The molecule has 0 bridgehead atoms. The fraction of sp³-hybridized carbons (Fsp3) is 0.538. The highest BCUT2D eigenvalue weighted by Gasteiger charge is 2.26. The Labute approximate surface area is 124 Å². The van der Waals surface area contributed by atoms with E-state index in [9.17, 15) is 13.2 Å². The number of hydrogen-bond donors (Lipinski definition) is 2. The Kier molecular flexibility index (Phi) is 4.79. The number of carbonyl (C=O) groups is 1. The van der Waals surface area contributed by atoms with Gasteiger partial charge < -0.3 is 10.6 Å². The van der Waals surface area contributed by atoms with E-state index in [0.717, 1.165) is 19.3 Å². The lowest BCUT2D eigenvalue weighted by Gasteiger charge is -2.29. The summed E-state index contributed by atoms with van der Waals surface area (Å²) in [6.45, 7) is 2.93. The Balaban J connectivity index is 2.05. The van der Waals surface area contributed by atoms with Crippen LogP contribution in [0.5, 0.6) is 0 Å². The molecule has 1 aliphatic heterocycles. The topological polar surface area (TPSA) is 105 Å². The maximum atomic E-state index is 12.2. The third-order valence-corrected chi connectivity index (χ3v) is 4.97. The van der Waals surface area contributed by atoms with Crippen LogP contribution in [0.1, 0.15) is 26.2 Å². The molecule has 7 nitrogen and oxygen atoms in total. The van der Waals surface area contributed by atoms with Crippen molar-refractivity contribution in [3.8, 4) is 0 Å². The van der Waals surface area contributed by atoms with Crippen LogP contribution in [-0.2, 0) is 14.8 Å². The summed E-state index contributed by atoms with van der Waals surface area (Å²) in [4.78, 5) is 17.7. The molecule has 1 aromatic heterocycles. The number of aromatic nitrogens is 1. The normalized spacial score (nSPS) is 17.5. The molecule has 3 N–H and O–H groups in total. The van der Waals surface area contributed by atoms with Crippen LogP contribution in [0.25, 0.3) is 0 Å². The number of piperidine rings is 1. The number of pyridine rings is 1. The third kappa shape index (κ3) is 3.92. The van der Waals surface area contributed by atoms with E-state index in [4.69, 9.17) is 5.73 Å². The highest BCUT2D eigenvalue weighted by atomic mass is 32.2. The number of carbonyl (C=O) groups excluding carboxylic acids is 1. The number of rotatable bonds is 4. The predicted octanol–water partition coefficient (Wildman–Crippen LogP) is 0.343. The van der Waals surface area contributed by atoms with Crippen molar-refractivity contribution in [1.29, 1.82) is 0 Å². The Hall–Kier alpha value is -1.67. The standard InChI is InChI=1S/C13H20N4O3S/c1-10(13(18)17-7-3-2-4-8-17)16-21(19,20)11-5-6-12(14)15-9-11/h5-6,9-10,16H,2-4,7-8H2,1H3,(H2,14,15). The lowest BCUT2D eigenvalue weighted by molar-refractivity contribution is -0.133. The van der Waals surface area contributed by atoms with E-state index < -0.39 is 16.1 Å². The summed E-state index contributed by atoms with van der Waals surface area (Å²) < 4.78 is 26.7. The lowest BCUT2D eigenvalue weighted by atomic mass is 10.1. The van der Waals surface area contributed by atoms with Crippen LogP contribution in [0, 0.1) is 0 Å². The molecule has 2 heterocycles. The van der Waals surface area contributed by atoms with Crippen molar-refractivity contribution in [1.82, 2.24) is 14.6 Å². The van der Waals surface area contributed by atoms with Gasteiger partial charge in [0.1, 0.15) is 10.7 Å². The van der Waals surface area contributed by atoms with Crippen molar-refractivity contribution in [3.05, 3.63) is 18.3 Å². The van der Waals surface area contributed by atoms with Crippen molar-refractivity contribution in [2.45, 2.75) is 37.1 Å². The number of hydrogen-bond acceptors (Lipinski definition) is 5. The lowest BCUT2D eigenvalue weighted by Crippen LogP contribution is -2.48. The maximum Gasteiger partial charge on any atom is 0.242 e. The molecule has 0 aromatic carbocycles. The molecule has 0 spiro atoms. The second-order valence-corrected chi connectivity index (χ2v) is 6.86. The first-order valence-corrected chi connectivity index (χ1v) is 8.41. The fourth-order valence-corrected chi connectivity index (χ4v) is 3.43. The van der Waals surface area contributed by atoms with Gasteiger partial charge in [-0.25, -0.2) is 13.4 Å². The molecule has 0 radical (unpaired) electrons. The molecule has 0 saturated carbocycles. The van der Waals surface area contributed by atoms with Gasteiger partial charge in [0, 0.05) is 19.3 Å². The molecule has 116 valence electrons. The minimum atomic E-state index is -3.78. The summed E-state index contributed by atoms with van der Waals surface area (Å²) in [7, 11) is -3.78. The molecule has 21 heavy (non-hydrogen) atoms. The quantitative estimate of drug-likeness (QED) is 0.834. The SMILES string of the molecule is CC(NS(=O)(=O)c1ccc(N)nc1)C(=O)N1CCCCC1. The fourth-order valence-electron chi connectivity index (χ4n) is 2.29. The van der Waals surface area contributed by atoms with Crippen LogP contribution in [0.15, 0.2) is 23.2 Å². The van der Waals surface area contributed by atoms with Gasteiger partial charge in [-0.1, -0.05) is 0 Å². The zero-order valence-electron chi connectivity index (χ0n) is 11.9.